The molecule has 90 valence electrons. The first kappa shape index (κ1) is 11.3. The minimum Gasteiger partial charge on any atom is -0.326 e. The van der Waals surface area contributed by atoms with E-state index in [1.165, 1.54) is 23.4 Å². The summed E-state index contributed by atoms with van der Waals surface area (Å²) >= 11 is 3.46. The maximum Gasteiger partial charge on any atom is 0.0991 e. The molecule has 0 spiro atoms. The van der Waals surface area contributed by atoms with Gasteiger partial charge in [-0.3, -0.25) is 0 Å². The van der Waals surface area contributed by atoms with Gasteiger partial charge in [0.15, 0.2) is 0 Å². The van der Waals surface area contributed by atoms with E-state index in [0.717, 1.165) is 22.1 Å². The number of aryl methyl sites for hydroxylation is 1. The molecular formula is C12H15N3S2. The van der Waals surface area contributed by atoms with Crippen LogP contribution >= 0.6 is 22.7 Å². The van der Waals surface area contributed by atoms with E-state index in [2.05, 4.69) is 10.4 Å². The lowest BCUT2D eigenvalue weighted by Crippen LogP contribution is -1.97. The fourth-order valence-corrected chi connectivity index (χ4v) is 3.62. The number of thiazole rings is 2. The lowest BCUT2D eigenvalue weighted by atomic mass is 10.2. The van der Waals surface area contributed by atoms with Gasteiger partial charge in [0.25, 0.3) is 0 Å². The summed E-state index contributed by atoms with van der Waals surface area (Å²) in [5.41, 5.74) is 8.18. The summed E-state index contributed by atoms with van der Waals surface area (Å²) in [4.78, 5) is 10.5. The predicted octanol–water partition coefficient (Wildman–Crippen LogP) is 2.83. The van der Waals surface area contributed by atoms with Gasteiger partial charge >= 0.3 is 0 Å². The number of rotatable bonds is 4. The Hall–Kier alpha value is -0.780. The molecule has 0 aromatic carbocycles. The van der Waals surface area contributed by atoms with E-state index in [1.807, 2.05) is 6.92 Å². The average Bonchev–Trinajstić information content (AvgIpc) is 2.97. The Morgan fingerprint density at radius 3 is 2.82 bits per heavy atom. The number of hydrogen-bond donors (Lipinski definition) is 1. The number of hydrogen-bond acceptors (Lipinski definition) is 5. The first-order chi connectivity index (χ1) is 8.26. The molecule has 1 saturated carbocycles. The van der Waals surface area contributed by atoms with Crippen molar-refractivity contribution in [1.82, 2.24) is 9.97 Å². The van der Waals surface area contributed by atoms with Crippen LogP contribution in [0.4, 0.5) is 0 Å². The van der Waals surface area contributed by atoms with Gasteiger partial charge in [-0.15, -0.1) is 22.7 Å². The summed E-state index contributed by atoms with van der Waals surface area (Å²) in [6, 6.07) is 0. The van der Waals surface area contributed by atoms with E-state index in [-0.39, 0.29) is 0 Å². The summed E-state index contributed by atoms with van der Waals surface area (Å²) in [5, 5.41) is 4.41. The van der Waals surface area contributed by atoms with Crippen molar-refractivity contribution in [2.24, 2.45) is 5.73 Å². The second kappa shape index (κ2) is 4.48. The zero-order valence-electron chi connectivity index (χ0n) is 9.77. The molecule has 2 N–H and O–H groups in total. The Morgan fingerprint density at radius 2 is 2.24 bits per heavy atom. The molecule has 3 rings (SSSR count). The van der Waals surface area contributed by atoms with Crippen LogP contribution in [0, 0.1) is 6.92 Å². The average molecular weight is 265 g/mol. The van der Waals surface area contributed by atoms with E-state index < -0.39 is 0 Å². The topological polar surface area (TPSA) is 51.8 Å². The molecule has 0 unspecified atom stereocenters. The van der Waals surface area contributed by atoms with Crippen LogP contribution in [0.5, 0.6) is 0 Å². The third-order valence-electron chi connectivity index (χ3n) is 2.92. The zero-order chi connectivity index (χ0) is 11.8. The van der Waals surface area contributed by atoms with Crippen LogP contribution in [0.3, 0.4) is 0 Å². The molecule has 1 aliphatic rings. The highest BCUT2D eigenvalue weighted by molar-refractivity contribution is 7.11. The molecule has 3 nitrogen and oxygen atoms in total. The zero-order valence-corrected chi connectivity index (χ0v) is 11.4. The molecule has 0 amide bonds. The summed E-state index contributed by atoms with van der Waals surface area (Å²) < 4.78 is 0. The number of aromatic nitrogens is 2. The molecule has 17 heavy (non-hydrogen) atoms. The van der Waals surface area contributed by atoms with Crippen molar-refractivity contribution in [3.63, 3.8) is 0 Å². The van der Waals surface area contributed by atoms with Crippen molar-refractivity contribution >= 4 is 22.7 Å². The first-order valence-electron chi connectivity index (χ1n) is 5.86. The lowest BCUT2D eigenvalue weighted by Gasteiger charge is -1.93. The normalized spacial score (nSPS) is 15.4. The summed E-state index contributed by atoms with van der Waals surface area (Å²) in [6.07, 6.45) is 3.42. The van der Waals surface area contributed by atoms with E-state index in [4.69, 9.17) is 10.7 Å². The summed E-state index contributed by atoms with van der Waals surface area (Å²) in [7, 11) is 0. The van der Waals surface area contributed by atoms with Crippen LogP contribution < -0.4 is 5.73 Å². The lowest BCUT2D eigenvalue weighted by molar-refractivity contribution is 0.952. The number of nitrogens with two attached hydrogens (primary N) is 1. The second-order valence-electron chi connectivity index (χ2n) is 4.43. The van der Waals surface area contributed by atoms with E-state index >= 15 is 0 Å². The molecule has 0 aliphatic heterocycles. The Morgan fingerprint density at radius 1 is 1.41 bits per heavy atom. The van der Waals surface area contributed by atoms with Crippen LogP contribution in [0.1, 0.15) is 45.0 Å². The van der Waals surface area contributed by atoms with Crippen molar-refractivity contribution in [2.75, 3.05) is 0 Å². The first-order valence-corrected chi connectivity index (χ1v) is 7.55. The van der Waals surface area contributed by atoms with Gasteiger partial charge < -0.3 is 5.73 Å². The van der Waals surface area contributed by atoms with Gasteiger partial charge in [-0.25, -0.2) is 9.97 Å². The highest BCUT2D eigenvalue weighted by Crippen LogP contribution is 2.42. The van der Waals surface area contributed by atoms with Gasteiger partial charge in [0, 0.05) is 29.1 Å². The predicted molar refractivity (Wildman–Crippen MR) is 71.6 cm³/mol. The van der Waals surface area contributed by atoms with E-state index in [0.29, 0.717) is 12.5 Å². The van der Waals surface area contributed by atoms with Crippen molar-refractivity contribution in [3.8, 4) is 0 Å². The molecule has 1 aliphatic carbocycles. The quantitative estimate of drug-likeness (QED) is 0.925. The maximum atomic E-state index is 5.78. The van der Waals surface area contributed by atoms with E-state index in [1.54, 1.807) is 22.7 Å². The third-order valence-corrected chi connectivity index (χ3v) is 4.84. The van der Waals surface area contributed by atoms with Crippen LogP contribution in [-0.2, 0) is 13.0 Å². The van der Waals surface area contributed by atoms with Gasteiger partial charge in [0.05, 0.1) is 21.4 Å². The fraction of sp³-hybridized carbons (Fsp3) is 0.500. The summed E-state index contributed by atoms with van der Waals surface area (Å²) in [6.45, 7) is 2.66. The van der Waals surface area contributed by atoms with Gasteiger partial charge in [-0.05, 0) is 19.8 Å². The van der Waals surface area contributed by atoms with Crippen LogP contribution in [0.15, 0.2) is 5.38 Å². The minimum absolute atomic E-state index is 0.625. The number of nitrogens with zero attached hydrogens (tertiary/aromatic N) is 2. The van der Waals surface area contributed by atoms with E-state index in [9.17, 15) is 0 Å². The Bertz CT molecular complexity index is 526. The van der Waals surface area contributed by atoms with Crippen molar-refractivity contribution < 1.29 is 0 Å². The van der Waals surface area contributed by atoms with Gasteiger partial charge in [0.1, 0.15) is 0 Å². The molecule has 0 bridgehead atoms. The molecule has 0 atom stereocenters. The van der Waals surface area contributed by atoms with Crippen molar-refractivity contribution in [2.45, 2.75) is 38.6 Å². The third kappa shape index (κ3) is 2.41. The Balaban J connectivity index is 1.83. The van der Waals surface area contributed by atoms with Gasteiger partial charge in [0.2, 0.25) is 0 Å². The minimum atomic E-state index is 0.625. The molecule has 0 saturated heterocycles. The summed E-state index contributed by atoms with van der Waals surface area (Å²) in [5.74, 6) is 0.690. The van der Waals surface area contributed by atoms with Crippen LogP contribution in [0.25, 0.3) is 0 Å². The molecule has 1 fully saturated rings. The molecule has 2 aromatic rings. The van der Waals surface area contributed by atoms with Crippen LogP contribution in [-0.4, -0.2) is 9.97 Å². The Kier molecular flexibility index (Phi) is 2.98. The standard InChI is InChI=1S/C12H15N3S2/c1-7-14-9(6-16-7)4-11-15-12(8-2-3-8)10(5-13)17-11/h6,8H,2-5,13H2,1H3. The highest BCUT2D eigenvalue weighted by atomic mass is 32.1. The molecular weight excluding hydrogens is 250 g/mol. The molecule has 5 heteroatoms. The van der Waals surface area contributed by atoms with Crippen molar-refractivity contribution in [1.29, 1.82) is 0 Å². The van der Waals surface area contributed by atoms with Crippen LogP contribution in [0.2, 0.25) is 0 Å². The fourth-order valence-electron chi connectivity index (χ4n) is 1.96. The molecule has 2 aromatic heterocycles. The smallest absolute Gasteiger partial charge is 0.0991 e. The largest absolute Gasteiger partial charge is 0.326 e. The van der Waals surface area contributed by atoms with Gasteiger partial charge in [-0.1, -0.05) is 0 Å². The molecule has 0 radical (unpaired) electrons. The highest BCUT2D eigenvalue weighted by Gasteiger charge is 2.29. The Labute approximate surface area is 109 Å². The molecule has 2 heterocycles. The SMILES string of the molecule is Cc1nc(Cc2nc(C3CC3)c(CN)s2)cs1. The maximum absolute atomic E-state index is 5.78. The second-order valence-corrected chi connectivity index (χ2v) is 6.66. The van der Waals surface area contributed by atoms with Gasteiger partial charge in [-0.2, -0.15) is 0 Å². The monoisotopic (exact) mass is 265 g/mol. The van der Waals surface area contributed by atoms with Crippen molar-refractivity contribution in [3.05, 3.63) is 31.7 Å².